The number of nitrogens with zero attached hydrogens (tertiary/aromatic N) is 1. The van der Waals surface area contributed by atoms with E-state index < -0.39 is 0 Å². The number of rotatable bonds is 3. The molecule has 0 saturated carbocycles. The maximum absolute atomic E-state index is 2.58. The minimum absolute atomic E-state index is 0.712. The van der Waals surface area contributed by atoms with Crippen LogP contribution in [0.5, 0.6) is 0 Å². The Balaban J connectivity index is 1.69. The van der Waals surface area contributed by atoms with Crippen molar-refractivity contribution in [3.63, 3.8) is 0 Å². The van der Waals surface area contributed by atoms with Crippen LogP contribution in [-0.2, 0) is 0 Å². The second kappa shape index (κ2) is 6.22. The van der Waals surface area contributed by atoms with Crippen LogP contribution in [0.15, 0.2) is 66.7 Å². The Hall–Kier alpha value is -1.86. The Bertz CT molecular complexity index is 657. The summed E-state index contributed by atoms with van der Waals surface area (Å²) in [6.07, 6.45) is 8.08. The van der Waals surface area contributed by atoms with Crippen molar-refractivity contribution in [2.24, 2.45) is 5.92 Å². The first-order chi connectivity index (χ1) is 11.6. The summed E-state index contributed by atoms with van der Waals surface area (Å²) in [5, 5.41) is 0. The fourth-order valence-electron chi connectivity index (χ4n) is 4.89. The van der Waals surface area contributed by atoms with E-state index in [0.717, 1.165) is 12.1 Å². The molecule has 24 heavy (non-hydrogen) atoms. The second-order valence-electron chi connectivity index (χ2n) is 8.06. The van der Waals surface area contributed by atoms with Crippen molar-refractivity contribution < 1.29 is 4.48 Å². The van der Waals surface area contributed by atoms with E-state index >= 15 is 0 Å². The average Bonchev–Trinajstić information content (AvgIpc) is 2.79. The highest BCUT2D eigenvalue weighted by atomic mass is 15.4. The predicted molar refractivity (Wildman–Crippen MR) is 102 cm³/mol. The first-order valence-electron chi connectivity index (χ1n) is 9.30. The van der Waals surface area contributed by atoms with Crippen LogP contribution < -0.4 is 0 Å². The van der Waals surface area contributed by atoms with Crippen LogP contribution in [-0.4, -0.2) is 30.7 Å². The summed E-state index contributed by atoms with van der Waals surface area (Å²) < 4.78 is 1.25. The number of hydrogen-bond acceptors (Lipinski definition) is 0. The molecule has 2 aliphatic heterocycles. The third-order valence-electron chi connectivity index (χ3n) is 6.44. The van der Waals surface area contributed by atoms with Gasteiger partial charge in [-0.1, -0.05) is 66.7 Å². The minimum Gasteiger partial charge on any atom is -0.324 e. The van der Waals surface area contributed by atoms with Gasteiger partial charge in [-0.25, -0.2) is 0 Å². The Labute approximate surface area is 146 Å². The van der Waals surface area contributed by atoms with Crippen molar-refractivity contribution in [1.29, 1.82) is 0 Å². The van der Waals surface area contributed by atoms with Crippen molar-refractivity contribution >= 4 is 5.57 Å². The van der Waals surface area contributed by atoms with Crippen LogP contribution in [0.3, 0.4) is 0 Å². The Morgan fingerprint density at radius 2 is 1.25 bits per heavy atom. The minimum atomic E-state index is 0.712. The lowest BCUT2D eigenvalue weighted by atomic mass is 9.85. The number of fused-ring (bicyclic) bond motifs is 2. The molecule has 2 fully saturated rings. The van der Waals surface area contributed by atoms with E-state index in [1.165, 1.54) is 46.9 Å². The SMILES string of the molecule is C[N+]1(C)C2CCC1CC(C=C(c1ccccc1)c1ccccc1)C2. The molecule has 0 N–H and O–H groups in total. The molecule has 2 saturated heterocycles. The summed E-state index contributed by atoms with van der Waals surface area (Å²) in [6, 6.07) is 23.5. The molecule has 2 bridgehead atoms. The number of quaternary nitrogens is 1. The average molecular weight is 318 g/mol. The quantitative estimate of drug-likeness (QED) is 0.688. The van der Waals surface area contributed by atoms with Crippen molar-refractivity contribution in [2.75, 3.05) is 14.1 Å². The fourth-order valence-corrected chi connectivity index (χ4v) is 4.89. The van der Waals surface area contributed by atoms with Gasteiger partial charge in [0.2, 0.25) is 0 Å². The summed E-state index contributed by atoms with van der Waals surface area (Å²) in [5.41, 5.74) is 4.10. The molecular weight excluding hydrogens is 290 g/mol. The summed E-state index contributed by atoms with van der Waals surface area (Å²) in [4.78, 5) is 0. The van der Waals surface area contributed by atoms with Gasteiger partial charge in [-0.2, -0.15) is 0 Å². The first-order valence-corrected chi connectivity index (χ1v) is 9.30. The van der Waals surface area contributed by atoms with E-state index in [1.807, 2.05) is 0 Å². The van der Waals surface area contributed by atoms with Crippen molar-refractivity contribution in [1.82, 2.24) is 0 Å². The lowest BCUT2D eigenvalue weighted by molar-refractivity contribution is -0.931. The monoisotopic (exact) mass is 318 g/mol. The van der Waals surface area contributed by atoms with E-state index in [-0.39, 0.29) is 0 Å². The van der Waals surface area contributed by atoms with E-state index in [0.29, 0.717) is 5.92 Å². The van der Waals surface area contributed by atoms with Gasteiger partial charge < -0.3 is 4.48 Å². The lowest BCUT2D eigenvalue weighted by Gasteiger charge is -2.44. The molecule has 1 heteroatoms. The first kappa shape index (κ1) is 15.7. The van der Waals surface area contributed by atoms with Crippen LogP contribution in [0.2, 0.25) is 0 Å². The molecule has 0 aromatic heterocycles. The third kappa shape index (κ3) is 2.82. The molecule has 1 nitrogen and oxygen atoms in total. The van der Waals surface area contributed by atoms with Crippen LogP contribution in [0.25, 0.3) is 5.57 Å². The van der Waals surface area contributed by atoms with Gasteiger partial charge in [0.15, 0.2) is 0 Å². The zero-order valence-electron chi connectivity index (χ0n) is 14.9. The van der Waals surface area contributed by atoms with Gasteiger partial charge in [0.05, 0.1) is 26.2 Å². The molecule has 2 unspecified atom stereocenters. The van der Waals surface area contributed by atoms with Crippen molar-refractivity contribution in [2.45, 2.75) is 37.8 Å². The molecule has 2 aliphatic rings. The molecule has 124 valence electrons. The molecule has 2 aromatic carbocycles. The molecule has 2 heterocycles. The van der Waals surface area contributed by atoms with E-state index in [2.05, 4.69) is 80.8 Å². The third-order valence-corrected chi connectivity index (χ3v) is 6.44. The van der Waals surface area contributed by atoms with Gasteiger partial charge in [-0.3, -0.25) is 0 Å². The zero-order chi connectivity index (χ0) is 16.6. The van der Waals surface area contributed by atoms with Crippen LogP contribution in [0, 0.1) is 5.92 Å². The molecule has 0 aliphatic carbocycles. The highest BCUT2D eigenvalue weighted by molar-refractivity contribution is 5.79. The molecule has 0 radical (unpaired) electrons. The fraction of sp³-hybridized carbons (Fsp3) is 0.391. The number of benzene rings is 2. The summed E-state index contributed by atoms with van der Waals surface area (Å²) in [5.74, 6) is 0.712. The maximum atomic E-state index is 2.58. The predicted octanol–water partition coefficient (Wildman–Crippen LogP) is 5.14. The largest absolute Gasteiger partial charge is 0.324 e. The van der Waals surface area contributed by atoms with E-state index in [9.17, 15) is 0 Å². The molecular formula is C23H28N+. The van der Waals surface area contributed by atoms with Crippen LogP contribution in [0.4, 0.5) is 0 Å². The van der Waals surface area contributed by atoms with E-state index in [4.69, 9.17) is 0 Å². The summed E-state index contributed by atoms with van der Waals surface area (Å²) in [6.45, 7) is 0. The van der Waals surface area contributed by atoms with Crippen molar-refractivity contribution in [3.8, 4) is 0 Å². The normalized spacial score (nSPS) is 27.7. The standard InChI is InChI=1S/C23H28N/c1-24(2)21-13-14-22(24)16-18(15-21)17-23(19-9-5-3-6-10-19)20-11-7-4-8-12-20/h3-12,17-18,21-22H,13-16H2,1-2H3/q+1. The summed E-state index contributed by atoms with van der Waals surface area (Å²) >= 11 is 0. The van der Waals surface area contributed by atoms with Gasteiger partial charge >= 0.3 is 0 Å². The highest BCUT2D eigenvalue weighted by Crippen LogP contribution is 2.43. The Morgan fingerprint density at radius 1 is 0.792 bits per heavy atom. The van der Waals surface area contributed by atoms with E-state index in [1.54, 1.807) is 0 Å². The molecule has 4 rings (SSSR count). The molecule has 2 aromatic rings. The Morgan fingerprint density at radius 3 is 1.71 bits per heavy atom. The molecule has 2 atom stereocenters. The maximum Gasteiger partial charge on any atom is 0.0896 e. The molecule has 0 spiro atoms. The van der Waals surface area contributed by atoms with Gasteiger partial charge in [0, 0.05) is 25.7 Å². The van der Waals surface area contributed by atoms with Crippen LogP contribution in [0.1, 0.15) is 36.8 Å². The number of piperidine rings is 1. The highest BCUT2D eigenvalue weighted by Gasteiger charge is 2.48. The van der Waals surface area contributed by atoms with Gasteiger partial charge in [0.25, 0.3) is 0 Å². The zero-order valence-corrected chi connectivity index (χ0v) is 14.9. The van der Waals surface area contributed by atoms with Crippen LogP contribution >= 0.6 is 0 Å². The second-order valence-corrected chi connectivity index (χ2v) is 8.06. The Kier molecular flexibility index (Phi) is 4.05. The number of hydrogen-bond donors (Lipinski definition) is 0. The lowest BCUT2D eigenvalue weighted by Crippen LogP contribution is -2.54. The topological polar surface area (TPSA) is 0 Å². The smallest absolute Gasteiger partial charge is 0.0896 e. The van der Waals surface area contributed by atoms with Gasteiger partial charge in [0.1, 0.15) is 0 Å². The van der Waals surface area contributed by atoms with Crippen molar-refractivity contribution in [3.05, 3.63) is 77.9 Å². The van der Waals surface area contributed by atoms with Gasteiger partial charge in [-0.15, -0.1) is 0 Å². The molecule has 0 amide bonds. The summed E-state index contributed by atoms with van der Waals surface area (Å²) in [7, 11) is 4.88. The van der Waals surface area contributed by atoms with Gasteiger partial charge in [-0.05, 0) is 22.6 Å². The number of allylic oxidation sites excluding steroid dienone is 1.